The van der Waals surface area contributed by atoms with Crippen molar-refractivity contribution in [3.8, 4) is 6.07 Å². The molecule has 1 aliphatic heterocycles. The molecule has 0 atom stereocenters. The highest BCUT2D eigenvalue weighted by Crippen LogP contribution is 2.46. The molecule has 2 fully saturated rings. The Morgan fingerprint density at radius 2 is 1.88 bits per heavy atom. The predicted octanol–water partition coefficient (Wildman–Crippen LogP) is 5.15. The quantitative estimate of drug-likeness (QED) is 0.595. The predicted molar refractivity (Wildman–Crippen MR) is 136 cm³/mol. The summed E-state index contributed by atoms with van der Waals surface area (Å²) in [6.45, 7) is 11.0. The van der Waals surface area contributed by atoms with Crippen LogP contribution in [0.3, 0.4) is 0 Å². The summed E-state index contributed by atoms with van der Waals surface area (Å²) in [6.07, 6.45) is 4.75. The van der Waals surface area contributed by atoms with Crippen molar-refractivity contribution in [3.63, 3.8) is 0 Å². The molecule has 3 aliphatic rings. The van der Waals surface area contributed by atoms with E-state index in [1.165, 1.54) is 24.1 Å². The van der Waals surface area contributed by atoms with Crippen LogP contribution in [-0.4, -0.2) is 47.9 Å². The summed E-state index contributed by atoms with van der Waals surface area (Å²) in [7, 11) is 0. The molecule has 3 aromatic rings. The van der Waals surface area contributed by atoms with E-state index in [2.05, 4.69) is 53.8 Å². The van der Waals surface area contributed by atoms with Gasteiger partial charge in [0.2, 0.25) is 0 Å². The van der Waals surface area contributed by atoms with Crippen LogP contribution < -0.4 is 4.90 Å². The summed E-state index contributed by atoms with van der Waals surface area (Å²) in [6, 6.07) is 13.1. The Morgan fingerprint density at radius 1 is 1.12 bits per heavy atom. The molecular weight excluding hydrogens is 420 g/mol. The van der Waals surface area contributed by atoms with Gasteiger partial charge in [0.05, 0.1) is 17.2 Å². The van der Waals surface area contributed by atoms with Gasteiger partial charge in [-0.1, -0.05) is 33.3 Å². The molecule has 0 unspecified atom stereocenters. The van der Waals surface area contributed by atoms with Crippen molar-refractivity contribution < 1.29 is 4.79 Å². The number of piperazine rings is 1. The minimum absolute atomic E-state index is 0.0998. The van der Waals surface area contributed by atoms with E-state index in [9.17, 15) is 10.1 Å². The number of aromatic amines is 1. The number of nitrogens with zero attached hydrogens (tertiary/aromatic N) is 3. The maximum absolute atomic E-state index is 13.9. The number of rotatable bonds is 4. The SMILES string of the molecule is CCCc1cc2c(cc1N1CCN(C3CC3)CC1)C(C)(C)c1[nH]c3cc(C#N)ccc3c1C2=O. The van der Waals surface area contributed by atoms with Crippen molar-refractivity contribution in [3.05, 3.63) is 63.8 Å². The molecule has 174 valence electrons. The zero-order valence-corrected chi connectivity index (χ0v) is 20.4. The smallest absolute Gasteiger partial charge is 0.195 e. The van der Waals surface area contributed by atoms with Crippen molar-refractivity contribution in [2.24, 2.45) is 0 Å². The first-order valence-electron chi connectivity index (χ1n) is 12.7. The minimum Gasteiger partial charge on any atom is -0.369 e. The van der Waals surface area contributed by atoms with Gasteiger partial charge in [0.15, 0.2) is 5.78 Å². The molecule has 2 aliphatic carbocycles. The van der Waals surface area contributed by atoms with Gasteiger partial charge >= 0.3 is 0 Å². The molecule has 0 spiro atoms. The van der Waals surface area contributed by atoms with E-state index >= 15 is 0 Å². The number of benzene rings is 2. The van der Waals surface area contributed by atoms with E-state index in [0.717, 1.165) is 78.3 Å². The number of H-pyrrole nitrogens is 1. The average Bonchev–Trinajstić information content (AvgIpc) is 3.62. The monoisotopic (exact) mass is 452 g/mol. The lowest BCUT2D eigenvalue weighted by Crippen LogP contribution is -2.47. The van der Waals surface area contributed by atoms with E-state index in [1.807, 2.05) is 12.1 Å². The standard InChI is InChI=1S/C29H32N4O/c1-4-5-19-15-22-23(16-25(19)33-12-10-32(11-13-33)20-7-8-20)29(2,3)28-26(27(22)34)21-9-6-18(17-30)14-24(21)31-28/h6,9,14-16,20,31H,4-5,7-8,10-13H2,1-3H3. The molecule has 1 aromatic heterocycles. The third-order valence-electron chi connectivity index (χ3n) is 8.15. The lowest BCUT2D eigenvalue weighted by molar-refractivity contribution is 0.103. The maximum Gasteiger partial charge on any atom is 0.195 e. The van der Waals surface area contributed by atoms with Gasteiger partial charge in [-0.15, -0.1) is 0 Å². The van der Waals surface area contributed by atoms with Crippen molar-refractivity contribution >= 4 is 22.4 Å². The van der Waals surface area contributed by atoms with E-state index < -0.39 is 0 Å². The maximum atomic E-state index is 13.9. The topological polar surface area (TPSA) is 63.1 Å². The molecule has 1 N–H and O–H groups in total. The lowest BCUT2D eigenvalue weighted by atomic mass is 9.70. The Hall–Kier alpha value is -3.10. The molecule has 34 heavy (non-hydrogen) atoms. The second-order valence-electron chi connectivity index (χ2n) is 10.7. The van der Waals surface area contributed by atoms with Crippen LogP contribution in [0.1, 0.15) is 78.3 Å². The first-order valence-corrected chi connectivity index (χ1v) is 12.7. The van der Waals surface area contributed by atoms with Crippen LogP contribution in [0.5, 0.6) is 0 Å². The van der Waals surface area contributed by atoms with E-state index in [1.54, 1.807) is 6.07 Å². The molecule has 2 heterocycles. The molecule has 0 bridgehead atoms. The highest BCUT2D eigenvalue weighted by atomic mass is 16.1. The largest absolute Gasteiger partial charge is 0.369 e. The summed E-state index contributed by atoms with van der Waals surface area (Å²) in [5, 5.41) is 10.3. The summed E-state index contributed by atoms with van der Waals surface area (Å²) in [5.41, 5.74) is 7.41. The van der Waals surface area contributed by atoms with E-state index in [0.29, 0.717) is 5.56 Å². The summed E-state index contributed by atoms with van der Waals surface area (Å²) in [5.74, 6) is 0.0998. The molecule has 0 radical (unpaired) electrons. The molecule has 5 heteroatoms. The first kappa shape index (κ1) is 21.4. The van der Waals surface area contributed by atoms with Crippen LogP contribution in [0.25, 0.3) is 10.9 Å². The number of hydrogen-bond donors (Lipinski definition) is 1. The van der Waals surface area contributed by atoms with Gasteiger partial charge in [0.25, 0.3) is 0 Å². The number of carbonyl (C=O) groups excluding carboxylic acids is 1. The number of aromatic nitrogens is 1. The van der Waals surface area contributed by atoms with Crippen LogP contribution in [0.2, 0.25) is 0 Å². The van der Waals surface area contributed by atoms with Crippen molar-refractivity contribution in [2.75, 3.05) is 31.1 Å². The van der Waals surface area contributed by atoms with Crippen LogP contribution in [-0.2, 0) is 11.8 Å². The normalized spacial score (nSPS) is 19.7. The Balaban J connectivity index is 1.46. The van der Waals surface area contributed by atoms with Crippen molar-refractivity contribution in [1.29, 1.82) is 5.26 Å². The molecule has 6 rings (SSSR count). The lowest BCUT2D eigenvalue weighted by Gasteiger charge is -2.39. The van der Waals surface area contributed by atoms with Gasteiger partial charge in [-0.05, 0) is 54.7 Å². The number of anilines is 1. The zero-order chi connectivity index (χ0) is 23.6. The number of carbonyl (C=O) groups is 1. The number of nitrogens with one attached hydrogen (secondary N) is 1. The summed E-state index contributed by atoms with van der Waals surface area (Å²) >= 11 is 0. The van der Waals surface area contributed by atoms with Gasteiger partial charge in [-0.2, -0.15) is 5.26 Å². The molecule has 1 saturated heterocycles. The van der Waals surface area contributed by atoms with E-state index in [4.69, 9.17) is 0 Å². The Morgan fingerprint density at radius 3 is 2.56 bits per heavy atom. The molecule has 0 amide bonds. The van der Waals surface area contributed by atoms with Gasteiger partial charge in [0.1, 0.15) is 0 Å². The average molecular weight is 453 g/mol. The Bertz CT molecular complexity index is 1350. The second kappa shape index (κ2) is 7.71. The Kier molecular flexibility index (Phi) is 4.86. The Labute approximate surface area is 201 Å². The zero-order valence-electron chi connectivity index (χ0n) is 20.4. The third kappa shape index (κ3) is 3.20. The van der Waals surface area contributed by atoms with Gasteiger partial charge in [0, 0.05) is 65.5 Å². The third-order valence-corrected chi connectivity index (χ3v) is 8.15. The number of aryl methyl sites for hydroxylation is 1. The fourth-order valence-corrected chi connectivity index (χ4v) is 6.11. The highest BCUT2D eigenvalue weighted by molar-refractivity contribution is 6.20. The molecular formula is C29H32N4O. The summed E-state index contributed by atoms with van der Waals surface area (Å²) in [4.78, 5) is 22.6. The van der Waals surface area contributed by atoms with Gasteiger partial charge in [-0.3, -0.25) is 9.69 Å². The van der Waals surface area contributed by atoms with Gasteiger partial charge in [-0.25, -0.2) is 0 Å². The summed E-state index contributed by atoms with van der Waals surface area (Å²) < 4.78 is 0. The highest BCUT2D eigenvalue weighted by Gasteiger charge is 2.41. The van der Waals surface area contributed by atoms with Crippen LogP contribution >= 0.6 is 0 Å². The van der Waals surface area contributed by atoms with Crippen molar-refractivity contribution in [2.45, 2.75) is 57.9 Å². The first-order chi connectivity index (χ1) is 16.4. The molecule has 5 nitrogen and oxygen atoms in total. The number of nitriles is 1. The number of hydrogen-bond acceptors (Lipinski definition) is 4. The number of ketones is 1. The molecule has 2 aromatic carbocycles. The van der Waals surface area contributed by atoms with E-state index in [-0.39, 0.29) is 11.2 Å². The molecule has 1 saturated carbocycles. The van der Waals surface area contributed by atoms with Gasteiger partial charge < -0.3 is 9.88 Å². The fourth-order valence-electron chi connectivity index (χ4n) is 6.11. The second-order valence-corrected chi connectivity index (χ2v) is 10.7. The number of fused-ring (bicyclic) bond motifs is 4. The fraction of sp³-hybridized carbons (Fsp3) is 0.448. The minimum atomic E-state index is -0.334. The van der Waals surface area contributed by atoms with Crippen LogP contribution in [0.4, 0.5) is 5.69 Å². The van der Waals surface area contributed by atoms with Crippen LogP contribution in [0, 0.1) is 11.3 Å². The van der Waals surface area contributed by atoms with Crippen molar-refractivity contribution in [1.82, 2.24) is 9.88 Å². The van der Waals surface area contributed by atoms with Crippen LogP contribution in [0.15, 0.2) is 30.3 Å².